The van der Waals surface area contributed by atoms with Gasteiger partial charge in [0, 0.05) is 29.4 Å². The standard InChI is InChI=1S/C23H18O2/c1-3-17-10-4-7-13-20(17)23(25-16-24-2)21-14-8-5-11-18(21)19-12-6-9-15-22(19)23/h1,4-15H,16H2,2H3. The minimum atomic E-state index is -0.772. The predicted molar refractivity (Wildman–Crippen MR) is 99.1 cm³/mol. The molecule has 0 heterocycles. The molecular weight excluding hydrogens is 308 g/mol. The lowest BCUT2D eigenvalue weighted by Crippen LogP contribution is -2.32. The van der Waals surface area contributed by atoms with Crippen LogP contribution >= 0.6 is 0 Å². The summed E-state index contributed by atoms with van der Waals surface area (Å²) in [5.74, 6) is 2.81. The van der Waals surface area contributed by atoms with Crippen LogP contribution in [0.15, 0.2) is 72.8 Å². The molecule has 0 spiro atoms. The fourth-order valence-corrected chi connectivity index (χ4v) is 3.78. The number of fused-ring (bicyclic) bond motifs is 3. The molecule has 25 heavy (non-hydrogen) atoms. The van der Waals surface area contributed by atoms with Crippen molar-refractivity contribution in [3.8, 4) is 23.5 Å². The fourth-order valence-electron chi connectivity index (χ4n) is 3.78. The average Bonchev–Trinajstić information content (AvgIpc) is 2.97. The highest BCUT2D eigenvalue weighted by Gasteiger charge is 2.46. The van der Waals surface area contributed by atoms with Gasteiger partial charge >= 0.3 is 0 Å². The second-order valence-electron chi connectivity index (χ2n) is 6.01. The number of hydrogen-bond acceptors (Lipinski definition) is 2. The van der Waals surface area contributed by atoms with Crippen LogP contribution in [0.3, 0.4) is 0 Å². The third-order valence-corrected chi connectivity index (χ3v) is 4.76. The molecule has 122 valence electrons. The van der Waals surface area contributed by atoms with Crippen molar-refractivity contribution in [2.75, 3.05) is 13.9 Å². The Morgan fingerprint density at radius 2 is 1.32 bits per heavy atom. The Balaban J connectivity index is 2.10. The van der Waals surface area contributed by atoms with Crippen molar-refractivity contribution in [1.29, 1.82) is 0 Å². The lowest BCUT2D eigenvalue weighted by atomic mass is 9.81. The Morgan fingerprint density at radius 1 is 0.800 bits per heavy atom. The topological polar surface area (TPSA) is 18.5 Å². The van der Waals surface area contributed by atoms with Gasteiger partial charge in [-0.05, 0) is 17.2 Å². The van der Waals surface area contributed by atoms with Gasteiger partial charge in [0.05, 0.1) is 0 Å². The Bertz CT molecular complexity index is 920. The Labute approximate surface area is 148 Å². The molecule has 0 fully saturated rings. The highest BCUT2D eigenvalue weighted by Crippen LogP contribution is 2.53. The normalized spacial score (nSPS) is 13.8. The summed E-state index contributed by atoms with van der Waals surface area (Å²) in [7, 11) is 1.63. The first-order valence-electron chi connectivity index (χ1n) is 8.21. The molecule has 0 saturated carbocycles. The van der Waals surface area contributed by atoms with Crippen molar-refractivity contribution >= 4 is 0 Å². The van der Waals surface area contributed by atoms with Crippen molar-refractivity contribution in [2.45, 2.75) is 5.60 Å². The van der Waals surface area contributed by atoms with E-state index in [2.05, 4.69) is 42.3 Å². The van der Waals surface area contributed by atoms with Crippen molar-refractivity contribution in [1.82, 2.24) is 0 Å². The predicted octanol–water partition coefficient (Wildman–Crippen LogP) is 4.56. The number of rotatable bonds is 4. The zero-order valence-electron chi connectivity index (χ0n) is 14.0. The maximum atomic E-state index is 6.40. The summed E-state index contributed by atoms with van der Waals surface area (Å²) in [6.07, 6.45) is 5.81. The van der Waals surface area contributed by atoms with Crippen LogP contribution in [0.4, 0.5) is 0 Å². The molecule has 0 atom stereocenters. The molecule has 3 aromatic rings. The van der Waals surface area contributed by atoms with E-state index in [0.29, 0.717) is 0 Å². The molecule has 2 heteroatoms. The highest BCUT2D eigenvalue weighted by molar-refractivity contribution is 5.83. The average molecular weight is 326 g/mol. The van der Waals surface area contributed by atoms with E-state index in [4.69, 9.17) is 15.9 Å². The molecule has 1 aliphatic carbocycles. The van der Waals surface area contributed by atoms with Crippen LogP contribution in [0, 0.1) is 12.3 Å². The summed E-state index contributed by atoms with van der Waals surface area (Å²) in [6, 6.07) is 24.6. The van der Waals surface area contributed by atoms with E-state index in [9.17, 15) is 0 Å². The molecule has 0 saturated heterocycles. The quantitative estimate of drug-likeness (QED) is 0.517. The number of terminal acetylenes is 1. The molecular formula is C23H18O2. The summed E-state index contributed by atoms with van der Waals surface area (Å²) >= 11 is 0. The molecule has 0 aromatic heterocycles. The maximum absolute atomic E-state index is 6.40. The molecule has 0 radical (unpaired) electrons. The van der Waals surface area contributed by atoms with E-state index in [1.165, 1.54) is 11.1 Å². The molecule has 0 amide bonds. The SMILES string of the molecule is C#Cc1ccccc1C1(OCOC)c2ccccc2-c2ccccc21. The van der Waals surface area contributed by atoms with Crippen LogP contribution in [-0.4, -0.2) is 13.9 Å². The zero-order valence-corrected chi connectivity index (χ0v) is 14.0. The minimum absolute atomic E-state index is 0.168. The summed E-state index contributed by atoms with van der Waals surface area (Å²) in [4.78, 5) is 0. The van der Waals surface area contributed by atoms with E-state index in [1.54, 1.807) is 7.11 Å². The van der Waals surface area contributed by atoms with Crippen LogP contribution < -0.4 is 0 Å². The van der Waals surface area contributed by atoms with Crippen LogP contribution in [0.2, 0.25) is 0 Å². The van der Waals surface area contributed by atoms with Crippen LogP contribution in [0.25, 0.3) is 11.1 Å². The van der Waals surface area contributed by atoms with E-state index in [1.807, 2.05) is 36.4 Å². The summed E-state index contributed by atoms with van der Waals surface area (Å²) in [5, 5.41) is 0. The third-order valence-electron chi connectivity index (χ3n) is 4.76. The van der Waals surface area contributed by atoms with Crippen LogP contribution in [0.1, 0.15) is 22.3 Å². The lowest BCUT2D eigenvalue weighted by molar-refractivity contribution is -0.0952. The highest BCUT2D eigenvalue weighted by atomic mass is 16.7. The van der Waals surface area contributed by atoms with Crippen molar-refractivity contribution < 1.29 is 9.47 Å². The van der Waals surface area contributed by atoms with Crippen molar-refractivity contribution in [3.05, 3.63) is 95.1 Å². The van der Waals surface area contributed by atoms with E-state index in [-0.39, 0.29) is 6.79 Å². The van der Waals surface area contributed by atoms with Crippen LogP contribution in [-0.2, 0) is 15.1 Å². The van der Waals surface area contributed by atoms with Gasteiger partial charge in [-0.2, -0.15) is 0 Å². The van der Waals surface area contributed by atoms with Gasteiger partial charge in [0.25, 0.3) is 0 Å². The molecule has 3 aromatic carbocycles. The molecule has 0 unspecified atom stereocenters. The first-order valence-corrected chi connectivity index (χ1v) is 8.21. The van der Waals surface area contributed by atoms with Gasteiger partial charge in [-0.1, -0.05) is 72.7 Å². The number of benzene rings is 3. The van der Waals surface area contributed by atoms with Gasteiger partial charge in [0.2, 0.25) is 0 Å². The molecule has 1 aliphatic rings. The van der Waals surface area contributed by atoms with E-state index in [0.717, 1.165) is 22.3 Å². The summed E-state index contributed by atoms with van der Waals surface area (Å²) < 4.78 is 11.7. The Hall–Kier alpha value is -2.86. The lowest BCUT2D eigenvalue weighted by Gasteiger charge is -2.33. The maximum Gasteiger partial charge on any atom is 0.149 e. The smallest absolute Gasteiger partial charge is 0.149 e. The number of ether oxygens (including phenoxy) is 2. The molecule has 4 rings (SSSR count). The zero-order chi connectivity index (χ0) is 17.3. The van der Waals surface area contributed by atoms with E-state index < -0.39 is 5.60 Å². The third kappa shape index (κ3) is 2.21. The Kier molecular flexibility index (Phi) is 3.89. The van der Waals surface area contributed by atoms with Gasteiger partial charge in [0.1, 0.15) is 12.4 Å². The second-order valence-corrected chi connectivity index (χ2v) is 6.01. The molecule has 2 nitrogen and oxygen atoms in total. The summed E-state index contributed by atoms with van der Waals surface area (Å²) in [6.45, 7) is 0.168. The second kappa shape index (κ2) is 6.22. The molecule has 0 N–H and O–H groups in total. The first kappa shape index (κ1) is 15.7. The van der Waals surface area contributed by atoms with Gasteiger partial charge in [-0.25, -0.2) is 0 Å². The van der Waals surface area contributed by atoms with Gasteiger partial charge in [-0.15, -0.1) is 6.42 Å². The largest absolute Gasteiger partial charge is 0.359 e. The first-order chi connectivity index (χ1) is 12.3. The fraction of sp³-hybridized carbons (Fsp3) is 0.130. The molecule has 0 bridgehead atoms. The van der Waals surface area contributed by atoms with E-state index >= 15 is 0 Å². The van der Waals surface area contributed by atoms with Crippen molar-refractivity contribution in [3.63, 3.8) is 0 Å². The van der Waals surface area contributed by atoms with Crippen molar-refractivity contribution in [2.24, 2.45) is 0 Å². The molecule has 0 aliphatic heterocycles. The monoisotopic (exact) mass is 326 g/mol. The minimum Gasteiger partial charge on any atom is -0.359 e. The summed E-state index contributed by atoms with van der Waals surface area (Å²) in [5.41, 5.74) is 5.54. The van der Waals surface area contributed by atoms with Gasteiger partial charge in [0.15, 0.2) is 0 Å². The number of methoxy groups -OCH3 is 1. The van der Waals surface area contributed by atoms with Crippen LogP contribution in [0.5, 0.6) is 0 Å². The Morgan fingerprint density at radius 3 is 1.88 bits per heavy atom. The number of hydrogen-bond donors (Lipinski definition) is 0. The van der Waals surface area contributed by atoms with Gasteiger partial charge in [-0.3, -0.25) is 0 Å². The van der Waals surface area contributed by atoms with Gasteiger partial charge < -0.3 is 9.47 Å².